The second-order valence-corrected chi connectivity index (χ2v) is 6.86. The number of carbonyl (C=O) groups is 2. The number of aromatic nitrogens is 1. The van der Waals surface area contributed by atoms with E-state index in [1.54, 1.807) is 26.0 Å². The Morgan fingerprint density at radius 3 is 2.54 bits per heavy atom. The van der Waals surface area contributed by atoms with Gasteiger partial charge in [0.2, 0.25) is 5.91 Å². The van der Waals surface area contributed by atoms with Crippen LogP contribution in [0.1, 0.15) is 32.7 Å². The summed E-state index contributed by atoms with van der Waals surface area (Å²) in [5.74, 6) is -0.698. The summed E-state index contributed by atoms with van der Waals surface area (Å²) < 4.78 is 0.650. The van der Waals surface area contributed by atoms with Crippen molar-refractivity contribution in [3.8, 4) is 0 Å². The highest BCUT2D eigenvalue weighted by molar-refractivity contribution is 9.10. The summed E-state index contributed by atoms with van der Waals surface area (Å²) in [5.41, 5.74) is 3.42. The van der Waals surface area contributed by atoms with Crippen molar-refractivity contribution in [1.82, 2.24) is 10.3 Å². The van der Waals surface area contributed by atoms with Crippen molar-refractivity contribution in [1.29, 1.82) is 0 Å². The minimum absolute atomic E-state index is 0.112. The highest BCUT2D eigenvalue weighted by Crippen LogP contribution is 2.25. The van der Waals surface area contributed by atoms with Crippen LogP contribution in [-0.2, 0) is 11.3 Å². The molecule has 0 radical (unpaired) electrons. The molecular weight excluding hydrogens is 398 g/mol. The molecule has 0 unspecified atom stereocenters. The Labute approximate surface area is 159 Å². The first-order chi connectivity index (χ1) is 12.2. The van der Waals surface area contributed by atoms with Gasteiger partial charge in [-0.2, -0.15) is 0 Å². The number of aromatic amines is 1. The maximum Gasteiger partial charge on any atom is 0.253 e. The molecule has 0 aliphatic heterocycles. The van der Waals surface area contributed by atoms with Crippen LogP contribution < -0.4 is 16.2 Å². The fourth-order valence-electron chi connectivity index (χ4n) is 2.59. The monoisotopic (exact) mass is 417 g/mol. The van der Waals surface area contributed by atoms with Crippen LogP contribution in [0.5, 0.6) is 0 Å². The largest absolute Gasteiger partial charge is 0.348 e. The number of hydrogen-bond donors (Lipinski definition) is 3. The fraction of sp³-hybridized carbons (Fsp3) is 0.211. The van der Waals surface area contributed by atoms with Gasteiger partial charge >= 0.3 is 0 Å². The molecule has 136 valence electrons. The lowest BCUT2D eigenvalue weighted by Crippen LogP contribution is -2.28. The van der Waals surface area contributed by atoms with Gasteiger partial charge in [0.15, 0.2) is 0 Å². The summed E-state index contributed by atoms with van der Waals surface area (Å²) in [5, 5.41) is 5.44. The minimum atomic E-state index is -0.362. The highest BCUT2D eigenvalue weighted by atomic mass is 79.9. The molecule has 1 aromatic heterocycles. The molecule has 0 saturated carbocycles. The summed E-state index contributed by atoms with van der Waals surface area (Å²) in [6.07, 6.45) is 1.16. The average Bonchev–Trinajstić information content (AvgIpc) is 2.56. The predicted molar refractivity (Wildman–Crippen MR) is 105 cm³/mol. The van der Waals surface area contributed by atoms with Gasteiger partial charge in [-0.3, -0.25) is 14.4 Å². The lowest BCUT2D eigenvalue weighted by molar-refractivity contribution is -0.111. The van der Waals surface area contributed by atoms with E-state index in [9.17, 15) is 14.4 Å². The molecule has 3 N–H and O–H groups in total. The van der Waals surface area contributed by atoms with Gasteiger partial charge in [0, 0.05) is 33.5 Å². The van der Waals surface area contributed by atoms with Crippen molar-refractivity contribution in [2.24, 2.45) is 0 Å². The van der Waals surface area contributed by atoms with E-state index in [1.807, 2.05) is 13.0 Å². The molecule has 0 spiro atoms. The Hall–Kier alpha value is -2.67. The number of nitrogens with one attached hydrogen (secondary N) is 3. The molecule has 0 saturated heterocycles. The number of hydrogen-bond acceptors (Lipinski definition) is 3. The van der Waals surface area contributed by atoms with Crippen molar-refractivity contribution >= 4 is 33.4 Å². The van der Waals surface area contributed by atoms with Gasteiger partial charge in [-0.05, 0) is 56.2 Å². The highest BCUT2D eigenvalue weighted by Gasteiger charge is 2.15. The van der Waals surface area contributed by atoms with Gasteiger partial charge < -0.3 is 15.6 Å². The van der Waals surface area contributed by atoms with Crippen LogP contribution in [0, 0.1) is 20.8 Å². The maximum absolute atomic E-state index is 12.6. The van der Waals surface area contributed by atoms with E-state index in [0.717, 1.165) is 17.3 Å². The van der Waals surface area contributed by atoms with E-state index in [1.165, 1.54) is 0 Å². The third-order valence-corrected chi connectivity index (χ3v) is 4.44. The van der Waals surface area contributed by atoms with Crippen LogP contribution in [0.15, 0.2) is 40.1 Å². The van der Waals surface area contributed by atoms with Crippen molar-refractivity contribution in [3.63, 3.8) is 0 Å². The van der Waals surface area contributed by atoms with Crippen LogP contribution in [0.25, 0.3) is 0 Å². The van der Waals surface area contributed by atoms with Crippen molar-refractivity contribution in [2.45, 2.75) is 27.3 Å². The Kier molecular flexibility index (Phi) is 6.15. The molecule has 1 heterocycles. The standard InChI is InChI=1S/C19H20BrN3O3/c1-5-17(24)23-16-8-13(20)7-14(12(16)4)18(25)21-9-15-10(2)6-11(3)22-19(15)26/h5-8H,1,9H2,2-4H3,(H,21,25)(H,22,26)(H,23,24). The minimum Gasteiger partial charge on any atom is -0.348 e. The predicted octanol–water partition coefficient (Wildman–Crippen LogP) is 3.12. The number of anilines is 1. The van der Waals surface area contributed by atoms with Gasteiger partial charge in [-0.15, -0.1) is 0 Å². The molecule has 0 bridgehead atoms. The lowest BCUT2D eigenvalue weighted by Gasteiger charge is -2.14. The summed E-state index contributed by atoms with van der Waals surface area (Å²) in [7, 11) is 0. The zero-order chi connectivity index (χ0) is 19.4. The molecule has 2 aromatic rings. The Balaban J connectivity index is 2.26. The zero-order valence-corrected chi connectivity index (χ0v) is 16.4. The third kappa shape index (κ3) is 4.49. The number of benzene rings is 1. The summed E-state index contributed by atoms with van der Waals surface area (Å²) in [4.78, 5) is 39.0. The third-order valence-electron chi connectivity index (χ3n) is 3.98. The molecule has 7 heteroatoms. The smallest absolute Gasteiger partial charge is 0.253 e. The van der Waals surface area contributed by atoms with Crippen molar-refractivity contribution in [2.75, 3.05) is 5.32 Å². The van der Waals surface area contributed by atoms with Gasteiger partial charge in [-0.25, -0.2) is 0 Å². The summed E-state index contributed by atoms with van der Waals surface area (Å²) in [6.45, 7) is 8.90. The molecule has 2 amide bonds. The SMILES string of the molecule is C=CC(=O)Nc1cc(Br)cc(C(=O)NCc2c(C)cc(C)[nH]c2=O)c1C. The van der Waals surface area contributed by atoms with Crippen molar-refractivity contribution in [3.05, 3.63) is 73.6 Å². The number of carbonyl (C=O) groups excluding carboxylic acids is 2. The van der Waals surface area contributed by atoms with E-state index in [0.29, 0.717) is 26.9 Å². The first-order valence-electron chi connectivity index (χ1n) is 7.94. The topological polar surface area (TPSA) is 91.1 Å². The van der Waals surface area contributed by atoms with E-state index >= 15 is 0 Å². The molecular formula is C19H20BrN3O3. The maximum atomic E-state index is 12.6. The number of amides is 2. The van der Waals surface area contributed by atoms with Gasteiger partial charge in [-0.1, -0.05) is 22.5 Å². The van der Waals surface area contributed by atoms with Crippen LogP contribution in [0.2, 0.25) is 0 Å². The number of halogens is 1. The van der Waals surface area contributed by atoms with Crippen LogP contribution in [0.4, 0.5) is 5.69 Å². The molecule has 2 rings (SSSR count). The van der Waals surface area contributed by atoms with Crippen LogP contribution >= 0.6 is 15.9 Å². The molecule has 26 heavy (non-hydrogen) atoms. The van der Waals surface area contributed by atoms with Crippen LogP contribution in [-0.4, -0.2) is 16.8 Å². The van der Waals surface area contributed by atoms with Gasteiger partial charge in [0.25, 0.3) is 11.5 Å². The molecule has 0 aliphatic rings. The summed E-state index contributed by atoms with van der Waals surface area (Å²) >= 11 is 3.34. The second-order valence-electron chi connectivity index (χ2n) is 5.95. The fourth-order valence-corrected chi connectivity index (χ4v) is 3.05. The molecule has 0 aliphatic carbocycles. The number of aryl methyl sites for hydroxylation is 2. The quantitative estimate of drug-likeness (QED) is 0.652. The second kappa shape index (κ2) is 8.14. The summed E-state index contributed by atoms with van der Waals surface area (Å²) in [6, 6.07) is 5.24. The zero-order valence-electron chi connectivity index (χ0n) is 14.8. The number of pyridine rings is 1. The van der Waals surface area contributed by atoms with E-state index in [4.69, 9.17) is 0 Å². The normalized spacial score (nSPS) is 10.3. The number of rotatable bonds is 5. The average molecular weight is 418 g/mol. The first-order valence-corrected chi connectivity index (χ1v) is 8.73. The molecule has 1 aromatic carbocycles. The van der Waals surface area contributed by atoms with E-state index in [-0.39, 0.29) is 23.9 Å². The van der Waals surface area contributed by atoms with E-state index in [2.05, 4.69) is 38.1 Å². The Morgan fingerprint density at radius 2 is 1.92 bits per heavy atom. The Morgan fingerprint density at radius 1 is 1.23 bits per heavy atom. The Bertz CT molecular complexity index is 948. The molecule has 0 atom stereocenters. The van der Waals surface area contributed by atoms with E-state index < -0.39 is 0 Å². The van der Waals surface area contributed by atoms with Crippen molar-refractivity contribution < 1.29 is 9.59 Å². The lowest BCUT2D eigenvalue weighted by atomic mass is 10.1. The first kappa shape index (κ1) is 19.7. The molecule has 0 fully saturated rings. The molecule has 6 nitrogen and oxygen atoms in total. The van der Waals surface area contributed by atoms with Gasteiger partial charge in [0.1, 0.15) is 0 Å². The van der Waals surface area contributed by atoms with Crippen LogP contribution in [0.3, 0.4) is 0 Å². The number of H-pyrrole nitrogens is 1. The van der Waals surface area contributed by atoms with Gasteiger partial charge in [0.05, 0.1) is 0 Å².